The highest BCUT2D eigenvalue weighted by Crippen LogP contribution is 2.09. The predicted molar refractivity (Wildman–Crippen MR) is 62.3 cm³/mol. The topological polar surface area (TPSA) is 48.3 Å². The van der Waals surface area contributed by atoms with Crippen LogP contribution in [0.1, 0.15) is 11.4 Å². The predicted octanol–water partition coefficient (Wildman–Crippen LogP) is 0.478. The average molecular weight is 227 g/mol. The lowest BCUT2D eigenvalue weighted by Gasteiger charge is -2.24. The van der Waals surface area contributed by atoms with E-state index in [1.807, 2.05) is 25.7 Å². The molecule has 1 heterocycles. The maximum absolute atomic E-state index is 5.26. The summed E-state index contributed by atoms with van der Waals surface area (Å²) in [6, 6.07) is 2.19. The minimum Gasteiger partial charge on any atom is -0.354 e. The summed E-state index contributed by atoms with van der Waals surface area (Å²) in [6.07, 6.45) is 0.570. The van der Waals surface area contributed by atoms with Crippen LogP contribution in [0.5, 0.6) is 0 Å². The molecule has 1 aromatic heterocycles. The smallest absolute Gasteiger partial charge is 0.172 e. The summed E-state index contributed by atoms with van der Waals surface area (Å²) in [5, 5.41) is 7.51. The Bertz CT molecular complexity index is 321. The Balaban J connectivity index is 2.73. The Kier molecular flexibility index (Phi) is 4.92. The Hall–Kier alpha value is -0.910. The molecule has 0 bridgehead atoms. The van der Waals surface area contributed by atoms with Crippen LogP contribution in [0, 0.1) is 6.92 Å². The van der Waals surface area contributed by atoms with Gasteiger partial charge in [0.2, 0.25) is 0 Å². The van der Waals surface area contributed by atoms with Crippen LogP contribution in [0.4, 0.5) is 0 Å². The fraction of sp³-hybridized carbons (Fsp3) is 0.727. The van der Waals surface area contributed by atoms with Crippen LogP contribution >= 0.6 is 0 Å². The van der Waals surface area contributed by atoms with Gasteiger partial charge in [-0.05, 0) is 20.0 Å². The van der Waals surface area contributed by atoms with Crippen LogP contribution in [0.25, 0.3) is 0 Å². The summed E-state index contributed by atoms with van der Waals surface area (Å²) >= 11 is 0. The molecule has 0 aliphatic carbocycles. The van der Waals surface area contributed by atoms with Crippen molar-refractivity contribution >= 4 is 0 Å². The lowest BCUT2D eigenvalue weighted by Crippen LogP contribution is -2.42. The first-order valence-electron chi connectivity index (χ1n) is 5.34. The van der Waals surface area contributed by atoms with Gasteiger partial charge in [-0.3, -0.25) is 4.68 Å². The fourth-order valence-corrected chi connectivity index (χ4v) is 1.84. The molecule has 0 aromatic carbocycles. The van der Waals surface area contributed by atoms with Crippen molar-refractivity contribution in [2.45, 2.75) is 25.7 Å². The first kappa shape index (κ1) is 13.2. The zero-order valence-electron chi connectivity index (χ0n) is 10.7. The normalized spacial score (nSPS) is 13.4. The largest absolute Gasteiger partial charge is 0.354 e. The SMILES string of the molecule is CNC(Cc1cc(C)nn1C)C(OC)OC. The molecule has 0 amide bonds. The molecule has 5 heteroatoms. The number of nitrogens with one attached hydrogen (secondary N) is 1. The Morgan fingerprint density at radius 2 is 2.06 bits per heavy atom. The van der Waals surface area contributed by atoms with Gasteiger partial charge >= 0.3 is 0 Å². The average Bonchev–Trinajstić information content (AvgIpc) is 2.57. The number of ether oxygens (including phenoxy) is 2. The number of hydrogen-bond donors (Lipinski definition) is 1. The number of nitrogens with zero attached hydrogens (tertiary/aromatic N) is 2. The van der Waals surface area contributed by atoms with Crippen LogP contribution in [-0.4, -0.2) is 43.4 Å². The van der Waals surface area contributed by atoms with Crippen LogP contribution in [0.15, 0.2) is 6.07 Å². The summed E-state index contributed by atoms with van der Waals surface area (Å²) in [5.41, 5.74) is 2.19. The maximum atomic E-state index is 5.26. The van der Waals surface area contributed by atoms with Gasteiger partial charge in [0.05, 0.1) is 11.7 Å². The van der Waals surface area contributed by atoms with E-state index >= 15 is 0 Å². The van der Waals surface area contributed by atoms with Crippen molar-refractivity contribution in [1.29, 1.82) is 0 Å². The van der Waals surface area contributed by atoms with Gasteiger partial charge in [0, 0.05) is 33.4 Å². The minimum absolute atomic E-state index is 0.116. The van der Waals surface area contributed by atoms with E-state index in [9.17, 15) is 0 Å². The third-order valence-electron chi connectivity index (χ3n) is 2.69. The summed E-state index contributed by atoms with van der Waals surface area (Å²) < 4.78 is 12.4. The summed E-state index contributed by atoms with van der Waals surface area (Å²) in [4.78, 5) is 0. The molecule has 0 saturated heterocycles. The summed E-state index contributed by atoms with van der Waals surface area (Å²) in [6.45, 7) is 1.99. The van der Waals surface area contributed by atoms with Crippen molar-refractivity contribution in [2.24, 2.45) is 7.05 Å². The first-order chi connectivity index (χ1) is 7.62. The van der Waals surface area contributed by atoms with Crippen molar-refractivity contribution in [2.75, 3.05) is 21.3 Å². The molecular formula is C11H21N3O2. The van der Waals surface area contributed by atoms with Gasteiger partial charge in [-0.1, -0.05) is 0 Å². The highest BCUT2D eigenvalue weighted by Gasteiger charge is 2.20. The first-order valence-corrected chi connectivity index (χ1v) is 5.34. The molecule has 1 aromatic rings. The van der Waals surface area contributed by atoms with E-state index in [0.717, 1.165) is 17.8 Å². The van der Waals surface area contributed by atoms with Gasteiger partial charge in [0.25, 0.3) is 0 Å². The van der Waals surface area contributed by atoms with Crippen LogP contribution < -0.4 is 5.32 Å². The molecule has 1 atom stereocenters. The number of aromatic nitrogens is 2. The van der Waals surface area contributed by atoms with E-state index in [4.69, 9.17) is 9.47 Å². The van der Waals surface area contributed by atoms with Gasteiger partial charge in [0.15, 0.2) is 6.29 Å². The Labute approximate surface area is 96.7 Å². The van der Waals surface area contributed by atoms with E-state index in [-0.39, 0.29) is 12.3 Å². The van der Waals surface area contributed by atoms with Gasteiger partial charge < -0.3 is 14.8 Å². The molecule has 0 aliphatic heterocycles. The number of hydrogen-bond acceptors (Lipinski definition) is 4. The second-order valence-corrected chi connectivity index (χ2v) is 3.84. The van der Waals surface area contributed by atoms with Crippen LogP contribution in [0.2, 0.25) is 0 Å². The standard InChI is InChI=1S/C11H21N3O2/c1-8-6-9(14(3)13-8)7-10(12-2)11(15-4)16-5/h6,10-12H,7H2,1-5H3. The second-order valence-electron chi connectivity index (χ2n) is 3.84. The second kappa shape index (κ2) is 5.98. The molecule has 1 N–H and O–H groups in total. The quantitative estimate of drug-likeness (QED) is 0.718. The molecule has 0 saturated carbocycles. The zero-order valence-corrected chi connectivity index (χ0v) is 10.7. The Morgan fingerprint density at radius 1 is 1.44 bits per heavy atom. The molecule has 0 spiro atoms. The third kappa shape index (κ3) is 3.04. The summed E-state index contributed by atoms with van der Waals surface area (Å²) in [5.74, 6) is 0. The van der Waals surface area contributed by atoms with E-state index < -0.39 is 0 Å². The Morgan fingerprint density at radius 3 is 2.44 bits per heavy atom. The van der Waals surface area contributed by atoms with Gasteiger partial charge in [0.1, 0.15) is 0 Å². The maximum Gasteiger partial charge on any atom is 0.172 e. The van der Waals surface area contributed by atoms with E-state index in [0.29, 0.717) is 0 Å². The van der Waals surface area contributed by atoms with Crippen molar-refractivity contribution < 1.29 is 9.47 Å². The van der Waals surface area contributed by atoms with Crippen molar-refractivity contribution in [3.8, 4) is 0 Å². The van der Waals surface area contributed by atoms with Crippen molar-refractivity contribution in [3.05, 3.63) is 17.5 Å². The van der Waals surface area contributed by atoms with Crippen molar-refractivity contribution in [3.63, 3.8) is 0 Å². The molecule has 1 rings (SSSR count). The van der Waals surface area contributed by atoms with E-state index in [1.54, 1.807) is 14.2 Å². The van der Waals surface area contributed by atoms with E-state index in [2.05, 4.69) is 16.5 Å². The van der Waals surface area contributed by atoms with Gasteiger partial charge in [-0.15, -0.1) is 0 Å². The fourth-order valence-electron chi connectivity index (χ4n) is 1.84. The van der Waals surface area contributed by atoms with Crippen molar-refractivity contribution in [1.82, 2.24) is 15.1 Å². The molecule has 0 fully saturated rings. The van der Waals surface area contributed by atoms with Crippen LogP contribution in [-0.2, 0) is 22.9 Å². The van der Waals surface area contributed by atoms with E-state index in [1.165, 1.54) is 0 Å². The number of rotatable bonds is 6. The number of aryl methyl sites for hydroxylation is 2. The lowest BCUT2D eigenvalue weighted by molar-refractivity contribution is -0.121. The van der Waals surface area contributed by atoms with Gasteiger partial charge in [-0.25, -0.2) is 0 Å². The molecular weight excluding hydrogens is 206 g/mol. The molecule has 0 radical (unpaired) electrons. The molecule has 0 aliphatic rings. The zero-order chi connectivity index (χ0) is 12.1. The molecule has 92 valence electrons. The number of likely N-dealkylation sites (N-methyl/N-ethyl adjacent to an activating group) is 1. The van der Waals surface area contributed by atoms with Gasteiger partial charge in [-0.2, -0.15) is 5.10 Å². The molecule has 1 unspecified atom stereocenters. The highest BCUT2D eigenvalue weighted by atomic mass is 16.7. The third-order valence-corrected chi connectivity index (χ3v) is 2.69. The molecule has 16 heavy (non-hydrogen) atoms. The lowest BCUT2D eigenvalue weighted by atomic mass is 10.1. The molecule has 5 nitrogen and oxygen atoms in total. The highest BCUT2D eigenvalue weighted by molar-refractivity contribution is 5.10. The monoisotopic (exact) mass is 227 g/mol. The number of methoxy groups -OCH3 is 2. The van der Waals surface area contributed by atoms with Crippen LogP contribution in [0.3, 0.4) is 0 Å². The minimum atomic E-state index is -0.250. The summed E-state index contributed by atoms with van der Waals surface area (Å²) in [7, 11) is 7.14.